The van der Waals surface area contributed by atoms with Gasteiger partial charge in [-0.2, -0.15) is 12.6 Å². The zero-order chi connectivity index (χ0) is 27.8. The summed E-state index contributed by atoms with van der Waals surface area (Å²) in [5.74, 6) is -0.656. The minimum absolute atomic E-state index is 0.0552. The van der Waals surface area contributed by atoms with Crippen molar-refractivity contribution in [2.45, 2.75) is 79.0 Å². The molecule has 2 unspecified atom stereocenters. The number of anilines is 1. The summed E-state index contributed by atoms with van der Waals surface area (Å²) in [7, 11) is 0. The van der Waals surface area contributed by atoms with E-state index in [0.717, 1.165) is 23.1 Å². The SMILES string of the molecule is CCCCN(C(=O)C(CS)NC(=O)OC(C)(C)C)C(C(=O)Nc1ccccc1C)c1cc(C)cc(C)c1. The first-order valence-corrected chi connectivity index (χ1v) is 13.3. The van der Waals surface area contributed by atoms with Crippen LogP contribution in [0.4, 0.5) is 10.5 Å². The number of hydrogen-bond acceptors (Lipinski definition) is 5. The van der Waals surface area contributed by atoms with Gasteiger partial charge in [0, 0.05) is 18.0 Å². The summed E-state index contributed by atoms with van der Waals surface area (Å²) in [6, 6.07) is 11.5. The normalized spacial score (nSPS) is 12.9. The van der Waals surface area contributed by atoms with Gasteiger partial charge in [-0.3, -0.25) is 9.59 Å². The fourth-order valence-electron chi connectivity index (χ4n) is 4.09. The summed E-state index contributed by atoms with van der Waals surface area (Å²) in [5.41, 5.74) is 3.57. The van der Waals surface area contributed by atoms with Crippen molar-refractivity contribution in [3.8, 4) is 0 Å². The Hall–Kier alpha value is -3.00. The summed E-state index contributed by atoms with van der Waals surface area (Å²) in [5, 5.41) is 5.67. The van der Waals surface area contributed by atoms with Gasteiger partial charge in [0.05, 0.1) is 0 Å². The van der Waals surface area contributed by atoms with Crippen LogP contribution in [0.5, 0.6) is 0 Å². The minimum Gasteiger partial charge on any atom is -0.444 e. The van der Waals surface area contributed by atoms with Crippen molar-refractivity contribution in [3.63, 3.8) is 0 Å². The molecule has 0 radical (unpaired) electrons. The predicted octanol–water partition coefficient (Wildman–Crippen LogP) is 5.74. The molecule has 7 nitrogen and oxygen atoms in total. The fraction of sp³-hybridized carbons (Fsp3) is 0.483. The summed E-state index contributed by atoms with van der Waals surface area (Å²) in [6.07, 6.45) is 0.812. The lowest BCUT2D eigenvalue weighted by atomic mass is 9.98. The Morgan fingerprint density at radius 2 is 1.65 bits per heavy atom. The third-order valence-electron chi connectivity index (χ3n) is 5.73. The van der Waals surface area contributed by atoms with Crippen LogP contribution in [0.1, 0.15) is 68.8 Å². The van der Waals surface area contributed by atoms with E-state index >= 15 is 0 Å². The van der Waals surface area contributed by atoms with E-state index in [9.17, 15) is 14.4 Å². The van der Waals surface area contributed by atoms with Crippen molar-refractivity contribution in [2.75, 3.05) is 17.6 Å². The predicted molar refractivity (Wildman–Crippen MR) is 152 cm³/mol. The number of carbonyl (C=O) groups is 3. The molecular weight excluding hydrogens is 486 g/mol. The summed E-state index contributed by atoms with van der Waals surface area (Å²) in [6.45, 7) is 13.5. The molecule has 0 heterocycles. The number of aryl methyl sites for hydroxylation is 3. The minimum atomic E-state index is -0.963. The molecule has 0 saturated carbocycles. The molecule has 37 heavy (non-hydrogen) atoms. The average Bonchev–Trinajstić information content (AvgIpc) is 2.79. The van der Waals surface area contributed by atoms with Crippen LogP contribution in [0.25, 0.3) is 0 Å². The Labute approximate surface area is 226 Å². The first-order valence-electron chi connectivity index (χ1n) is 12.7. The van der Waals surface area contributed by atoms with E-state index < -0.39 is 29.7 Å². The van der Waals surface area contributed by atoms with Crippen LogP contribution in [0.15, 0.2) is 42.5 Å². The number of hydrogen-bond donors (Lipinski definition) is 3. The maximum atomic E-state index is 13.9. The Bertz CT molecular complexity index is 1080. The van der Waals surface area contributed by atoms with Gasteiger partial charge in [-0.1, -0.05) is 60.9 Å². The van der Waals surface area contributed by atoms with Gasteiger partial charge in [0.1, 0.15) is 17.7 Å². The van der Waals surface area contributed by atoms with Crippen LogP contribution >= 0.6 is 12.6 Å². The number of unbranched alkanes of at least 4 members (excludes halogenated alkanes) is 1. The van der Waals surface area contributed by atoms with E-state index in [1.165, 1.54) is 0 Å². The number of amides is 3. The molecule has 8 heteroatoms. The number of para-hydroxylation sites is 1. The molecule has 0 spiro atoms. The van der Waals surface area contributed by atoms with E-state index in [4.69, 9.17) is 4.74 Å². The number of benzene rings is 2. The van der Waals surface area contributed by atoms with Crippen molar-refractivity contribution in [1.82, 2.24) is 10.2 Å². The molecule has 0 aliphatic rings. The quantitative estimate of drug-likeness (QED) is 0.344. The molecule has 2 rings (SSSR count). The first-order chi connectivity index (χ1) is 17.4. The van der Waals surface area contributed by atoms with Gasteiger partial charge in [-0.25, -0.2) is 4.79 Å². The third-order valence-corrected chi connectivity index (χ3v) is 6.10. The second kappa shape index (κ2) is 13.5. The zero-order valence-electron chi connectivity index (χ0n) is 23.1. The third kappa shape index (κ3) is 9.11. The maximum Gasteiger partial charge on any atom is 0.408 e. The number of nitrogens with zero attached hydrogens (tertiary/aromatic N) is 1. The highest BCUT2D eigenvalue weighted by molar-refractivity contribution is 7.80. The van der Waals surface area contributed by atoms with Crippen LogP contribution in [-0.4, -0.2) is 46.7 Å². The molecule has 2 aromatic rings. The topological polar surface area (TPSA) is 87.7 Å². The molecule has 0 aliphatic heterocycles. The summed E-state index contributed by atoms with van der Waals surface area (Å²) >= 11 is 4.34. The number of alkyl carbamates (subject to hydrolysis) is 1. The van der Waals surface area contributed by atoms with Gasteiger partial charge in [-0.15, -0.1) is 0 Å². The molecule has 0 fully saturated rings. The van der Waals surface area contributed by atoms with Crippen molar-refractivity contribution in [3.05, 3.63) is 64.7 Å². The van der Waals surface area contributed by atoms with E-state index in [1.807, 2.05) is 70.2 Å². The number of ether oxygens (including phenoxy) is 1. The zero-order valence-corrected chi connectivity index (χ0v) is 23.9. The van der Waals surface area contributed by atoms with Crippen LogP contribution in [0.3, 0.4) is 0 Å². The highest BCUT2D eigenvalue weighted by Gasteiger charge is 2.36. The Morgan fingerprint density at radius 1 is 1.03 bits per heavy atom. The Kier molecular flexibility index (Phi) is 11.0. The van der Waals surface area contributed by atoms with Gasteiger partial charge in [0.25, 0.3) is 5.91 Å². The van der Waals surface area contributed by atoms with Gasteiger partial charge in [0.15, 0.2) is 0 Å². The van der Waals surface area contributed by atoms with Gasteiger partial charge in [-0.05, 0) is 65.2 Å². The molecule has 0 bridgehead atoms. The lowest BCUT2D eigenvalue weighted by Gasteiger charge is -2.34. The van der Waals surface area contributed by atoms with Crippen LogP contribution in [-0.2, 0) is 14.3 Å². The highest BCUT2D eigenvalue weighted by atomic mass is 32.1. The monoisotopic (exact) mass is 527 g/mol. The number of nitrogens with one attached hydrogen (secondary N) is 2. The Balaban J connectivity index is 2.52. The van der Waals surface area contributed by atoms with Crippen LogP contribution in [0, 0.1) is 20.8 Å². The van der Waals surface area contributed by atoms with Gasteiger partial charge < -0.3 is 20.3 Å². The van der Waals surface area contributed by atoms with Gasteiger partial charge >= 0.3 is 6.09 Å². The molecule has 2 aromatic carbocycles. The molecule has 202 valence electrons. The smallest absolute Gasteiger partial charge is 0.408 e. The van der Waals surface area contributed by atoms with Crippen molar-refractivity contribution in [2.24, 2.45) is 0 Å². The molecule has 2 atom stereocenters. The highest BCUT2D eigenvalue weighted by Crippen LogP contribution is 2.27. The first kappa shape index (κ1) is 30.2. The lowest BCUT2D eigenvalue weighted by molar-refractivity contribution is -0.140. The molecule has 0 aromatic heterocycles. The second-order valence-electron chi connectivity index (χ2n) is 10.4. The summed E-state index contributed by atoms with van der Waals surface area (Å²) < 4.78 is 5.36. The standard InChI is InChI=1S/C29H41N3O4S/c1-8-9-14-32(27(34)24(18-37)31-28(35)36-29(5,6)7)25(22-16-19(2)15-20(3)17-22)26(33)30-23-13-11-10-12-21(23)4/h10-13,15-17,24-25,37H,8-9,14,18H2,1-7H3,(H,30,33)(H,31,35). The van der Waals surface area contributed by atoms with E-state index in [2.05, 4.69) is 23.3 Å². The maximum absolute atomic E-state index is 13.9. The molecule has 0 aliphatic carbocycles. The number of carbonyl (C=O) groups excluding carboxylic acids is 3. The van der Waals surface area contributed by atoms with Crippen molar-refractivity contribution < 1.29 is 19.1 Å². The van der Waals surface area contributed by atoms with E-state index in [0.29, 0.717) is 24.2 Å². The molecule has 3 amide bonds. The molecular formula is C29H41N3O4S. The molecule has 2 N–H and O–H groups in total. The Morgan fingerprint density at radius 3 is 2.19 bits per heavy atom. The van der Waals surface area contributed by atoms with Crippen LogP contribution in [0.2, 0.25) is 0 Å². The fourth-order valence-corrected chi connectivity index (χ4v) is 4.33. The average molecular weight is 528 g/mol. The van der Waals surface area contributed by atoms with Crippen molar-refractivity contribution >= 4 is 36.2 Å². The van der Waals surface area contributed by atoms with E-state index in [-0.39, 0.29) is 11.7 Å². The second-order valence-corrected chi connectivity index (χ2v) is 10.8. The summed E-state index contributed by atoms with van der Waals surface area (Å²) in [4.78, 5) is 41.9. The van der Waals surface area contributed by atoms with E-state index in [1.54, 1.807) is 25.7 Å². The van der Waals surface area contributed by atoms with Crippen molar-refractivity contribution in [1.29, 1.82) is 0 Å². The molecule has 0 saturated heterocycles. The van der Waals surface area contributed by atoms with Crippen LogP contribution < -0.4 is 10.6 Å². The number of rotatable bonds is 10. The lowest BCUT2D eigenvalue weighted by Crippen LogP contribution is -2.53. The largest absolute Gasteiger partial charge is 0.444 e. The van der Waals surface area contributed by atoms with Gasteiger partial charge in [0.2, 0.25) is 5.91 Å². The number of thiol groups is 1.